The van der Waals surface area contributed by atoms with Crippen LogP contribution in [-0.2, 0) is 0 Å². The molecule has 6 heteroatoms. The standard InChI is InChI=1S/C13H7ClFN3O/c14-10-4-3-8(6-11(10)15)13-17-12(18-19-13)9-2-1-5-16-7-9/h1-7H. The molecule has 0 aliphatic rings. The Kier molecular flexibility index (Phi) is 2.97. The largest absolute Gasteiger partial charge is 0.334 e. The SMILES string of the molecule is Fc1cc(-c2nc(-c3cccnc3)no2)ccc1Cl. The topological polar surface area (TPSA) is 51.8 Å². The van der Waals surface area contributed by atoms with E-state index < -0.39 is 5.82 Å². The van der Waals surface area contributed by atoms with Crippen molar-refractivity contribution in [1.82, 2.24) is 15.1 Å². The van der Waals surface area contributed by atoms with Crippen LogP contribution in [-0.4, -0.2) is 15.1 Å². The highest BCUT2D eigenvalue weighted by Crippen LogP contribution is 2.24. The summed E-state index contributed by atoms with van der Waals surface area (Å²) < 4.78 is 18.5. The van der Waals surface area contributed by atoms with E-state index in [1.54, 1.807) is 24.5 Å². The first kappa shape index (κ1) is 11.8. The molecule has 3 rings (SSSR count). The van der Waals surface area contributed by atoms with Crippen LogP contribution < -0.4 is 0 Å². The van der Waals surface area contributed by atoms with Crippen molar-refractivity contribution < 1.29 is 8.91 Å². The number of benzene rings is 1. The molecule has 0 bridgehead atoms. The molecule has 0 amide bonds. The van der Waals surface area contributed by atoms with Crippen LogP contribution in [0.4, 0.5) is 4.39 Å². The minimum Gasteiger partial charge on any atom is -0.334 e. The molecular weight excluding hydrogens is 269 g/mol. The van der Waals surface area contributed by atoms with Crippen molar-refractivity contribution in [2.75, 3.05) is 0 Å². The predicted molar refractivity (Wildman–Crippen MR) is 67.9 cm³/mol. The van der Waals surface area contributed by atoms with Crippen molar-refractivity contribution in [2.24, 2.45) is 0 Å². The van der Waals surface area contributed by atoms with Gasteiger partial charge in [0.15, 0.2) is 0 Å². The Bertz CT molecular complexity index is 715. The lowest BCUT2D eigenvalue weighted by atomic mass is 10.2. The maximum atomic E-state index is 13.4. The van der Waals surface area contributed by atoms with Gasteiger partial charge in [-0.05, 0) is 30.3 Å². The van der Waals surface area contributed by atoms with Gasteiger partial charge in [-0.2, -0.15) is 4.98 Å². The molecule has 0 spiro atoms. The second kappa shape index (κ2) is 4.78. The molecule has 0 atom stereocenters. The Morgan fingerprint density at radius 1 is 1.16 bits per heavy atom. The molecule has 4 nitrogen and oxygen atoms in total. The first-order valence-electron chi connectivity index (χ1n) is 5.43. The zero-order valence-electron chi connectivity index (χ0n) is 9.55. The van der Waals surface area contributed by atoms with Gasteiger partial charge in [0, 0.05) is 23.5 Å². The van der Waals surface area contributed by atoms with Gasteiger partial charge in [0.2, 0.25) is 5.82 Å². The molecule has 2 heterocycles. The number of aromatic nitrogens is 3. The molecule has 1 aromatic carbocycles. The van der Waals surface area contributed by atoms with Gasteiger partial charge in [0.1, 0.15) is 5.82 Å². The van der Waals surface area contributed by atoms with Gasteiger partial charge in [-0.1, -0.05) is 16.8 Å². The molecule has 0 saturated heterocycles. The summed E-state index contributed by atoms with van der Waals surface area (Å²) >= 11 is 5.62. The number of rotatable bonds is 2. The maximum Gasteiger partial charge on any atom is 0.258 e. The van der Waals surface area contributed by atoms with E-state index in [0.29, 0.717) is 11.4 Å². The monoisotopic (exact) mass is 275 g/mol. The lowest BCUT2D eigenvalue weighted by Gasteiger charge is -1.96. The normalized spacial score (nSPS) is 10.6. The molecule has 0 unspecified atom stereocenters. The quantitative estimate of drug-likeness (QED) is 0.717. The van der Waals surface area contributed by atoms with Gasteiger partial charge in [-0.3, -0.25) is 4.98 Å². The maximum absolute atomic E-state index is 13.4. The summed E-state index contributed by atoms with van der Waals surface area (Å²) in [5.41, 5.74) is 1.21. The summed E-state index contributed by atoms with van der Waals surface area (Å²) in [4.78, 5) is 8.16. The zero-order valence-corrected chi connectivity index (χ0v) is 10.3. The minimum absolute atomic E-state index is 0.0516. The fourth-order valence-corrected chi connectivity index (χ4v) is 1.70. The van der Waals surface area contributed by atoms with Gasteiger partial charge < -0.3 is 4.52 Å². The first-order valence-corrected chi connectivity index (χ1v) is 5.81. The summed E-state index contributed by atoms with van der Waals surface area (Å²) in [7, 11) is 0. The molecule has 0 fully saturated rings. The van der Waals surface area contributed by atoms with E-state index >= 15 is 0 Å². The third-order valence-corrected chi connectivity index (χ3v) is 2.82. The van der Waals surface area contributed by atoms with Gasteiger partial charge in [0.05, 0.1) is 5.02 Å². The molecule has 0 aliphatic carbocycles. The van der Waals surface area contributed by atoms with Crippen LogP contribution >= 0.6 is 11.6 Å². The number of hydrogen-bond donors (Lipinski definition) is 0. The van der Waals surface area contributed by atoms with Gasteiger partial charge >= 0.3 is 0 Å². The average molecular weight is 276 g/mol. The molecule has 0 saturated carbocycles. The first-order chi connectivity index (χ1) is 9.24. The van der Waals surface area contributed by atoms with Crippen LogP contribution in [0.2, 0.25) is 5.02 Å². The Hall–Kier alpha value is -2.27. The molecule has 0 N–H and O–H groups in total. The Morgan fingerprint density at radius 2 is 2.05 bits per heavy atom. The van der Waals surface area contributed by atoms with Crippen LogP contribution in [0.1, 0.15) is 0 Å². The highest BCUT2D eigenvalue weighted by molar-refractivity contribution is 6.30. The van der Waals surface area contributed by atoms with Crippen molar-refractivity contribution in [3.8, 4) is 22.8 Å². The van der Waals surface area contributed by atoms with Crippen molar-refractivity contribution in [3.63, 3.8) is 0 Å². The van der Waals surface area contributed by atoms with Crippen molar-refractivity contribution >= 4 is 11.6 Å². The fraction of sp³-hybridized carbons (Fsp3) is 0. The number of halogens is 2. The van der Waals surface area contributed by atoms with Crippen molar-refractivity contribution in [2.45, 2.75) is 0 Å². The Balaban J connectivity index is 1.99. The summed E-state index contributed by atoms with van der Waals surface area (Å²) in [5, 5.41) is 3.88. The number of pyridine rings is 1. The van der Waals surface area contributed by atoms with E-state index in [1.165, 1.54) is 12.1 Å². The van der Waals surface area contributed by atoms with Crippen molar-refractivity contribution in [1.29, 1.82) is 0 Å². The minimum atomic E-state index is -0.528. The molecule has 0 aliphatic heterocycles. The van der Waals surface area contributed by atoms with Crippen LogP contribution in [0.3, 0.4) is 0 Å². The summed E-state index contributed by atoms with van der Waals surface area (Å²) in [6.45, 7) is 0. The van der Waals surface area contributed by atoms with E-state index in [-0.39, 0.29) is 10.9 Å². The smallest absolute Gasteiger partial charge is 0.258 e. The highest BCUT2D eigenvalue weighted by atomic mass is 35.5. The summed E-state index contributed by atoms with van der Waals surface area (Å²) in [6, 6.07) is 7.90. The van der Waals surface area contributed by atoms with E-state index in [0.717, 1.165) is 5.56 Å². The summed E-state index contributed by atoms with van der Waals surface area (Å²) in [5.74, 6) is 0.105. The van der Waals surface area contributed by atoms with E-state index in [2.05, 4.69) is 15.1 Å². The molecule has 0 radical (unpaired) electrons. The van der Waals surface area contributed by atoms with E-state index in [9.17, 15) is 4.39 Å². The van der Waals surface area contributed by atoms with Crippen LogP contribution in [0.5, 0.6) is 0 Å². The van der Waals surface area contributed by atoms with Gasteiger partial charge in [-0.25, -0.2) is 4.39 Å². The van der Waals surface area contributed by atoms with Crippen molar-refractivity contribution in [3.05, 3.63) is 53.6 Å². The van der Waals surface area contributed by atoms with Gasteiger partial charge in [-0.15, -0.1) is 0 Å². The third kappa shape index (κ3) is 2.32. The van der Waals surface area contributed by atoms with Crippen LogP contribution in [0, 0.1) is 5.82 Å². The lowest BCUT2D eigenvalue weighted by molar-refractivity contribution is 0.432. The molecule has 19 heavy (non-hydrogen) atoms. The number of nitrogens with zero attached hydrogens (tertiary/aromatic N) is 3. The molecule has 94 valence electrons. The van der Waals surface area contributed by atoms with Gasteiger partial charge in [0.25, 0.3) is 5.89 Å². The van der Waals surface area contributed by atoms with Crippen LogP contribution in [0.25, 0.3) is 22.8 Å². The average Bonchev–Trinajstić information content (AvgIpc) is 2.93. The molecule has 3 aromatic rings. The van der Waals surface area contributed by atoms with E-state index in [1.807, 2.05) is 6.07 Å². The second-order valence-electron chi connectivity index (χ2n) is 3.79. The highest BCUT2D eigenvalue weighted by Gasteiger charge is 2.12. The Labute approximate surface area is 112 Å². The van der Waals surface area contributed by atoms with E-state index in [4.69, 9.17) is 16.1 Å². The lowest BCUT2D eigenvalue weighted by Crippen LogP contribution is -1.83. The molecule has 2 aromatic heterocycles. The zero-order chi connectivity index (χ0) is 13.2. The molecular formula is C13H7ClFN3O. The predicted octanol–water partition coefficient (Wildman–Crippen LogP) is 3.59. The Morgan fingerprint density at radius 3 is 2.79 bits per heavy atom. The number of hydrogen-bond acceptors (Lipinski definition) is 4. The second-order valence-corrected chi connectivity index (χ2v) is 4.20. The summed E-state index contributed by atoms with van der Waals surface area (Å²) in [6.07, 6.45) is 3.27. The van der Waals surface area contributed by atoms with Crippen LogP contribution in [0.15, 0.2) is 47.2 Å². The fourth-order valence-electron chi connectivity index (χ4n) is 1.58. The third-order valence-electron chi connectivity index (χ3n) is 2.51.